The molecule has 2 N–H and O–H groups in total. The molecule has 0 aromatic heterocycles. The van der Waals surface area contributed by atoms with Crippen molar-refractivity contribution < 1.29 is 13.5 Å². The number of aliphatic hydroxyl groups is 1. The molecular formula is C14H21NO3S. The van der Waals surface area contributed by atoms with Gasteiger partial charge in [0.25, 0.3) is 0 Å². The highest BCUT2D eigenvalue weighted by Gasteiger charge is 2.30. The lowest BCUT2D eigenvalue weighted by molar-refractivity contribution is 0.282. The van der Waals surface area contributed by atoms with E-state index in [2.05, 4.69) is 11.6 Å². The van der Waals surface area contributed by atoms with Crippen molar-refractivity contribution in [2.45, 2.75) is 44.1 Å². The van der Waals surface area contributed by atoms with Gasteiger partial charge in [-0.05, 0) is 36.0 Å². The second-order valence-electron chi connectivity index (χ2n) is 5.64. The normalized spacial score (nSPS) is 18.6. The van der Waals surface area contributed by atoms with E-state index in [1.54, 1.807) is 12.1 Å². The molecule has 0 atom stereocenters. The molecule has 5 heteroatoms. The first kappa shape index (κ1) is 14.5. The minimum atomic E-state index is -3.44. The Kier molecular flexibility index (Phi) is 4.28. The summed E-state index contributed by atoms with van der Waals surface area (Å²) in [6, 6.07) is 6.33. The summed E-state index contributed by atoms with van der Waals surface area (Å²) < 4.78 is 27.0. The first-order valence-corrected chi connectivity index (χ1v) is 8.13. The Morgan fingerprint density at radius 1 is 1.21 bits per heavy atom. The predicted octanol–water partition coefficient (Wildman–Crippen LogP) is 2.04. The Morgan fingerprint density at radius 2 is 1.79 bits per heavy atom. The van der Waals surface area contributed by atoms with E-state index in [4.69, 9.17) is 5.11 Å². The SMILES string of the molecule is CC1(CNS(=O)(=O)c2ccc(CO)cc2)CCCC1. The maximum atomic E-state index is 12.2. The third kappa shape index (κ3) is 3.55. The van der Waals surface area contributed by atoms with Crippen LogP contribution in [0.4, 0.5) is 0 Å². The van der Waals surface area contributed by atoms with Crippen LogP contribution in [0.3, 0.4) is 0 Å². The average molecular weight is 283 g/mol. The van der Waals surface area contributed by atoms with Crippen LogP contribution in [0.15, 0.2) is 29.2 Å². The number of hydrogen-bond donors (Lipinski definition) is 2. The Balaban J connectivity index is 2.05. The standard InChI is InChI=1S/C14H21NO3S/c1-14(8-2-3-9-14)11-15-19(17,18)13-6-4-12(10-16)5-7-13/h4-7,15-16H,2-3,8-11H2,1H3. The highest BCUT2D eigenvalue weighted by molar-refractivity contribution is 7.89. The van der Waals surface area contributed by atoms with Gasteiger partial charge in [-0.1, -0.05) is 31.9 Å². The maximum absolute atomic E-state index is 12.2. The second-order valence-corrected chi connectivity index (χ2v) is 7.41. The van der Waals surface area contributed by atoms with E-state index < -0.39 is 10.0 Å². The molecule has 1 fully saturated rings. The fourth-order valence-corrected chi connectivity index (χ4v) is 3.73. The Morgan fingerprint density at radius 3 is 2.32 bits per heavy atom. The smallest absolute Gasteiger partial charge is 0.240 e. The number of benzene rings is 1. The average Bonchev–Trinajstić information content (AvgIpc) is 2.84. The van der Waals surface area contributed by atoms with Gasteiger partial charge in [-0.2, -0.15) is 0 Å². The minimum Gasteiger partial charge on any atom is -0.392 e. The van der Waals surface area contributed by atoms with Gasteiger partial charge in [-0.15, -0.1) is 0 Å². The minimum absolute atomic E-state index is 0.0776. The van der Waals surface area contributed by atoms with Crippen molar-refractivity contribution in [1.29, 1.82) is 0 Å². The summed E-state index contributed by atoms with van der Waals surface area (Å²) in [4.78, 5) is 0.256. The topological polar surface area (TPSA) is 66.4 Å². The highest BCUT2D eigenvalue weighted by atomic mass is 32.2. The van der Waals surface area contributed by atoms with Gasteiger partial charge in [0, 0.05) is 6.54 Å². The van der Waals surface area contributed by atoms with E-state index >= 15 is 0 Å². The molecule has 19 heavy (non-hydrogen) atoms. The van der Waals surface area contributed by atoms with Crippen LogP contribution in [0.2, 0.25) is 0 Å². The van der Waals surface area contributed by atoms with Crippen LogP contribution in [0.1, 0.15) is 38.2 Å². The largest absolute Gasteiger partial charge is 0.392 e. The molecule has 0 saturated heterocycles. The number of hydrogen-bond acceptors (Lipinski definition) is 3. The summed E-state index contributed by atoms with van der Waals surface area (Å²) in [5, 5.41) is 8.95. The molecule has 106 valence electrons. The number of rotatable bonds is 5. The molecule has 0 radical (unpaired) electrons. The van der Waals surface area contributed by atoms with Crippen LogP contribution < -0.4 is 4.72 Å². The number of sulfonamides is 1. The van der Waals surface area contributed by atoms with E-state index in [1.165, 1.54) is 25.0 Å². The zero-order valence-electron chi connectivity index (χ0n) is 11.2. The lowest BCUT2D eigenvalue weighted by Crippen LogP contribution is -2.34. The monoisotopic (exact) mass is 283 g/mol. The fourth-order valence-electron chi connectivity index (χ4n) is 2.53. The molecule has 0 aliphatic heterocycles. The summed E-state index contributed by atoms with van der Waals surface area (Å²) in [7, 11) is -3.44. The first-order chi connectivity index (χ1) is 8.95. The molecule has 1 aromatic carbocycles. The van der Waals surface area contributed by atoms with Crippen LogP contribution in [-0.2, 0) is 16.6 Å². The Labute approximate surface area is 114 Å². The molecule has 0 bridgehead atoms. The predicted molar refractivity (Wildman–Crippen MR) is 74.1 cm³/mol. The van der Waals surface area contributed by atoms with Crippen molar-refractivity contribution >= 4 is 10.0 Å². The highest BCUT2D eigenvalue weighted by Crippen LogP contribution is 2.36. The van der Waals surface area contributed by atoms with Crippen LogP contribution in [0.5, 0.6) is 0 Å². The second kappa shape index (κ2) is 5.61. The number of aliphatic hydroxyl groups excluding tert-OH is 1. The van der Waals surface area contributed by atoms with Crippen molar-refractivity contribution in [1.82, 2.24) is 4.72 Å². The van der Waals surface area contributed by atoms with Crippen LogP contribution >= 0.6 is 0 Å². The van der Waals surface area contributed by atoms with Gasteiger partial charge in [0.05, 0.1) is 11.5 Å². The number of nitrogens with one attached hydrogen (secondary N) is 1. The Hall–Kier alpha value is -0.910. The third-order valence-corrected chi connectivity index (χ3v) is 5.33. The van der Waals surface area contributed by atoms with Gasteiger partial charge in [0.2, 0.25) is 10.0 Å². The van der Waals surface area contributed by atoms with E-state index in [1.807, 2.05) is 0 Å². The molecule has 1 aromatic rings. The molecule has 0 spiro atoms. The van der Waals surface area contributed by atoms with Gasteiger partial charge in [-0.3, -0.25) is 0 Å². The van der Waals surface area contributed by atoms with Gasteiger partial charge >= 0.3 is 0 Å². The summed E-state index contributed by atoms with van der Waals surface area (Å²) in [5.41, 5.74) is 0.805. The molecule has 1 aliphatic carbocycles. The molecule has 1 saturated carbocycles. The zero-order chi connectivity index (χ0) is 13.9. The van der Waals surface area contributed by atoms with Gasteiger partial charge in [0.15, 0.2) is 0 Å². The lowest BCUT2D eigenvalue weighted by Gasteiger charge is -2.23. The maximum Gasteiger partial charge on any atom is 0.240 e. The third-order valence-electron chi connectivity index (χ3n) is 3.92. The molecule has 0 unspecified atom stereocenters. The van der Waals surface area contributed by atoms with Crippen LogP contribution in [0, 0.1) is 5.41 Å². The van der Waals surface area contributed by atoms with Crippen molar-refractivity contribution in [3.63, 3.8) is 0 Å². The first-order valence-electron chi connectivity index (χ1n) is 6.65. The van der Waals surface area contributed by atoms with Gasteiger partial charge in [-0.25, -0.2) is 13.1 Å². The zero-order valence-corrected chi connectivity index (χ0v) is 12.0. The molecule has 0 amide bonds. The van der Waals surface area contributed by atoms with Crippen molar-refractivity contribution in [3.8, 4) is 0 Å². The van der Waals surface area contributed by atoms with E-state index in [0.29, 0.717) is 12.1 Å². The van der Waals surface area contributed by atoms with Crippen LogP contribution in [0.25, 0.3) is 0 Å². The quantitative estimate of drug-likeness (QED) is 0.869. The molecule has 2 rings (SSSR count). The van der Waals surface area contributed by atoms with Crippen molar-refractivity contribution in [2.75, 3.05) is 6.54 Å². The van der Waals surface area contributed by atoms with Gasteiger partial charge < -0.3 is 5.11 Å². The van der Waals surface area contributed by atoms with E-state index in [-0.39, 0.29) is 16.9 Å². The fraction of sp³-hybridized carbons (Fsp3) is 0.571. The molecule has 1 aliphatic rings. The molecule has 0 heterocycles. The van der Waals surface area contributed by atoms with Crippen molar-refractivity contribution in [2.24, 2.45) is 5.41 Å². The molecule has 4 nitrogen and oxygen atoms in total. The summed E-state index contributed by atoms with van der Waals surface area (Å²) >= 11 is 0. The lowest BCUT2D eigenvalue weighted by atomic mass is 9.89. The molecular weight excluding hydrogens is 262 g/mol. The van der Waals surface area contributed by atoms with Crippen LogP contribution in [-0.4, -0.2) is 20.1 Å². The summed E-state index contributed by atoms with van der Waals surface area (Å²) in [6.45, 7) is 2.56. The summed E-state index contributed by atoms with van der Waals surface area (Å²) in [5.74, 6) is 0. The summed E-state index contributed by atoms with van der Waals surface area (Å²) in [6.07, 6.45) is 4.53. The van der Waals surface area contributed by atoms with E-state index in [9.17, 15) is 8.42 Å². The van der Waals surface area contributed by atoms with Crippen molar-refractivity contribution in [3.05, 3.63) is 29.8 Å². The van der Waals surface area contributed by atoms with Gasteiger partial charge in [0.1, 0.15) is 0 Å². The van der Waals surface area contributed by atoms with E-state index in [0.717, 1.165) is 12.8 Å². The Bertz CT molecular complexity index is 516.